The summed E-state index contributed by atoms with van der Waals surface area (Å²) in [6.45, 7) is 12.6. The molecule has 0 aromatic heterocycles. The van der Waals surface area contributed by atoms with Crippen LogP contribution in [0.25, 0.3) is 10.8 Å². The number of hydrogen-bond donors (Lipinski definition) is 0. The summed E-state index contributed by atoms with van der Waals surface area (Å²) in [6.07, 6.45) is 0.0861. The molecule has 0 bridgehead atoms. The average Bonchev–Trinajstić information content (AvgIpc) is 2.51. The van der Waals surface area contributed by atoms with Crippen molar-refractivity contribution in [1.29, 1.82) is 0 Å². The van der Waals surface area contributed by atoms with Crippen molar-refractivity contribution >= 4 is 19.1 Å². The van der Waals surface area contributed by atoms with Crippen LogP contribution in [0.1, 0.15) is 13.8 Å². The summed E-state index contributed by atoms with van der Waals surface area (Å²) in [5, 5.41) is 2.36. The Hall–Kier alpha value is -1.36. The fourth-order valence-electron chi connectivity index (χ4n) is 2.66. The van der Waals surface area contributed by atoms with Gasteiger partial charge in [-0.2, -0.15) is 0 Å². The van der Waals surface area contributed by atoms with Crippen molar-refractivity contribution in [1.82, 2.24) is 4.90 Å². The second kappa shape index (κ2) is 8.14. The van der Waals surface area contributed by atoms with Crippen LogP contribution >= 0.6 is 0 Å². The van der Waals surface area contributed by atoms with E-state index in [0.29, 0.717) is 12.6 Å². The molecule has 0 radical (unpaired) electrons. The first-order valence-electron chi connectivity index (χ1n) is 8.75. The summed E-state index contributed by atoms with van der Waals surface area (Å²) in [5.41, 5.74) is 0. The van der Waals surface area contributed by atoms with E-state index in [2.05, 4.69) is 75.8 Å². The molecule has 1 atom stereocenters. The molecule has 0 N–H and O–H groups in total. The van der Waals surface area contributed by atoms with Crippen LogP contribution in [0, 0.1) is 0 Å². The third kappa shape index (κ3) is 5.62. The van der Waals surface area contributed by atoms with Crippen LogP contribution in [-0.4, -0.2) is 45.6 Å². The van der Waals surface area contributed by atoms with Crippen molar-refractivity contribution in [2.45, 2.75) is 45.6 Å². The summed E-state index contributed by atoms with van der Waals surface area (Å²) < 4.78 is 12.5. The van der Waals surface area contributed by atoms with Gasteiger partial charge in [0, 0.05) is 18.0 Å². The maximum Gasteiger partial charge on any atom is 0.184 e. The maximum absolute atomic E-state index is 6.36. The predicted octanol–water partition coefficient (Wildman–Crippen LogP) is 4.78. The van der Waals surface area contributed by atoms with Gasteiger partial charge in [-0.25, -0.2) is 0 Å². The van der Waals surface area contributed by atoms with Crippen LogP contribution in [0.15, 0.2) is 42.5 Å². The van der Waals surface area contributed by atoms with Crippen LogP contribution < -0.4 is 4.74 Å². The molecule has 3 nitrogen and oxygen atoms in total. The Balaban J connectivity index is 2.10. The van der Waals surface area contributed by atoms with E-state index in [0.717, 1.165) is 17.7 Å². The van der Waals surface area contributed by atoms with Crippen LogP contribution in [0.4, 0.5) is 0 Å². The summed E-state index contributed by atoms with van der Waals surface area (Å²) in [5.74, 6) is 0.935. The summed E-state index contributed by atoms with van der Waals surface area (Å²) in [4.78, 5) is 2.32. The largest absolute Gasteiger partial charge is 0.490 e. The maximum atomic E-state index is 6.36. The van der Waals surface area contributed by atoms with Crippen molar-refractivity contribution < 1.29 is 9.16 Å². The first-order chi connectivity index (χ1) is 11.3. The molecule has 24 heavy (non-hydrogen) atoms. The quantitative estimate of drug-likeness (QED) is 0.643. The molecule has 0 amide bonds. The van der Waals surface area contributed by atoms with Gasteiger partial charge in [0.25, 0.3) is 0 Å². The first kappa shape index (κ1) is 19.0. The van der Waals surface area contributed by atoms with E-state index in [9.17, 15) is 0 Å². The van der Waals surface area contributed by atoms with Crippen molar-refractivity contribution in [2.24, 2.45) is 0 Å². The second-order valence-electron chi connectivity index (χ2n) is 7.67. The van der Waals surface area contributed by atoms with E-state index >= 15 is 0 Å². The van der Waals surface area contributed by atoms with E-state index in [-0.39, 0.29) is 6.10 Å². The number of ether oxygens (including phenoxy) is 1. The van der Waals surface area contributed by atoms with Crippen molar-refractivity contribution in [2.75, 3.05) is 20.2 Å². The molecular formula is C20H31NO2Si. The molecule has 2 rings (SSSR count). The highest BCUT2D eigenvalue weighted by Crippen LogP contribution is 2.25. The van der Waals surface area contributed by atoms with E-state index in [1.165, 1.54) is 5.39 Å². The van der Waals surface area contributed by atoms with Crippen molar-refractivity contribution in [3.8, 4) is 5.75 Å². The topological polar surface area (TPSA) is 21.7 Å². The van der Waals surface area contributed by atoms with E-state index in [1.807, 2.05) is 12.1 Å². The van der Waals surface area contributed by atoms with E-state index < -0.39 is 8.32 Å². The lowest BCUT2D eigenvalue weighted by atomic mass is 10.1. The Morgan fingerprint density at radius 1 is 1.00 bits per heavy atom. The van der Waals surface area contributed by atoms with Gasteiger partial charge in [-0.1, -0.05) is 36.4 Å². The van der Waals surface area contributed by atoms with Crippen LogP contribution in [0.2, 0.25) is 19.6 Å². The van der Waals surface area contributed by atoms with Gasteiger partial charge >= 0.3 is 0 Å². The number of hydrogen-bond acceptors (Lipinski definition) is 3. The van der Waals surface area contributed by atoms with Gasteiger partial charge < -0.3 is 14.1 Å². The monoisotopic (exact) mass is 345 g/mol. The zero-order valence-electron chi connectivity index (χ0n) is 15.9. The number of likely N-dealkylation sites (N-methyl/N-ethyl adjacent to an activating group) is 1. The molecule has 1 unspecified atom stereocenters. The summed E-state index contributed by atoms with van der Waals surface area (Å²) in [7, 11) is 0.522. The summed E-state index contributed by atoms with van der Waals surface area (Å²) in [6, 6.07) is 15.0. The molecule has 0 aliphatic carbocycles. The van der Waals surface area contributed by atoms with Gasteiger partial charge in [-0.15, -0.1) is 0 Å². The van der Waals surface area contributed by atoms with Crippen molar-refractivity contribution in [3.63, 3.8) is 0 Å². The third-order valence-electron chi connectivity index (χ3n) is 4.07. The Labute approximate surface area is 147 Å². The summed E-state index contributed by atoms with van der Waals surface area (Å²) >= 11 is 0. The number of fused-ring (bicyclic) bond motifs is 1. The van der Waals surface area contributed by atoms with Gasteiger partial charge in [-0.05, 0) is 52.0 Å². The number of nitrogens with zero attached hydrogens (tertiary/aromatic N) is 1. The highest BCUT2D eigenvalue weighted by atomic mass is 28.4. The molecule has 0 aliphatic rings. The van der Waals surface area contributed by atoms with Gasteiger partial charge in [0.05, 0.1) is 6.10 Å². The molecule has 2 aromatic rings. The van der Waals surface area contributed by atoms with Gasteiger partial charge in [0.15, 0.2) is 8.32 Å². The van der Waals surface area contributed by atoms with E-state index in [4.69, 9.17) is 9.16 Å². The zero-order chi connectivity index (χ0) is 17.7. The Morgan fingerprint density at radius 2 is 1.67 bits per heavy atom. The minimum absolute atomic E-state index is 0.0861. The molecule has 132 valence electrons. The molecule has 0 saturated heterocycles. The van der Waals surface area contributed by atoms with Crippen molar-refractivity contribution in [3.05, 3.63) is 42.5 Å². The zero-order valence-corrected chi connectivity index (χ0v) is 16.9. The molecule has 0 fully saturated rings. The fourth-order valence-corrected chi connectivity index (χ4v) is 3.80. The molecule has 0 heterocycles. The van der Waals surface area contributed by atoms with Gasteiger partial charge in [0.2, 0.25) is 0 Å². The lowest BCUT2D eigenvalue weighted by Gasteiger charge is -2.31. The molecular weight excluding hydrogens is 314 g/mol. The standard InChI is InChI=1S/C20H31NO2Si/c1-16(2)21(3)14-18(23-24(4,5)6)15-22-20-13-9-11-17-10-7-8-12-19(17)20/h7-13,16,18H,14-15H2,1-6H3. The Bertz CT molecular complexity index is 646. The number of rotatable bonds is 8. The minimum atomic E-state index is -1.62. The molecule has 0 saturated carbocycles. The molecule has 0 spiro atoms. The SMILES string of the molecule is CC(C)N(C)CC(COc1cccc2ccccc12)O[Si](C)(C)C. The molecule has 4 heteroatoms. The second-order valence-corrected chi connectivity index (χ2v) is 12.1. The third-order valence-corrected chi connectivity index (χ3v) is 5.11. The number of benzene rings is 2. The molecule has 2 aromatic carbocycles. The average molecular weight is 346 g/mol. The highest BCUT2D eigenvalue weighted by Gasteiger charge is 2.23. The normalized spacial score (nSPS) is 13.7. The van der Waals surface area contributed by atoms with Crippen LogP contribution in [0.5, 0.6) is 5.75 Å². The Morgan fingerprint density at radius 3 is 2.33 bits per heavy atom. The first-order valence-corrected chi connectivity index (χ1v) is 12.2. The lowest BCUT2D eigenvalue weighted by Crippen LogP contribution is -2.43. The lowest BCUT2D eigenvalue weighted by molar-refractivity contribution is 0.0812. The predicted molar refractivity (Wildman–Crippen MR) is 105 cm³/mol. The highest BCUT2D eigenvalue weighted by molar-refractivity contribution is 6.69. The molecule has 0 aliphatic heterocycles. The minimum Gasteiger partial charge on any atom is -0.490 e. The Kier molecular flexibility index (Phi) is 6.44. The van der Waals surface area contributed by atoms with Gasteiger partial charge in [-0.3, -0.25) is 0 Å². The van der Waals surface area contributed by atoms with E-state index in [1.54, 1.807) is 0 Å². The van der Waals surface area contributed by atoms with Crippen LogP contribution in [-0.2, 0) is 4.43 Å². The smallest absolute Gasteiger partial charge is 0.184 e. The van der Waals surface area contributed by atoms with Gasteiger partial charge in [0.1, 0.15) is 12.4 Å². The van der Waals surface area contributed by atoms with Crippen LogP contribution in [0.3, 0.4) is 0 Å². The fraction of sp³-hybridized carbons (Fsp3) is 0.500.